The molecule has 0 aromatic heterocycles. The van der Waals surface area contributed by atoms with Crippen molar-refractivity contribution < 1.29 is 4.39 Å². The largest absolute Gasteiger partial charge is 0.396 e. The van der Waals surface area contributed by atoms with Gasteiger partial charge in [-0.25, -0.2) is 4.39 Å². The van der Waals surface area contributed by atoms with E-state index in [4.69, 9.17) is 5.73 Å². The zero-order valence-corrected chi connectivity index (χ0v) is 9.46. The molecular formula is C12H19FN2. The number of unbranched alkanes of at least 4 members (excludes halogenated alkanes) is 1. The topological polar surface area (TPSA) is 29.3 Å². The van der Waals surface area contributed by atoms with Crippen LogP contribution in [0.4, 0.5) is 10.1 Å². The maximum Gasteiger partial charge on any atom is 0.146 e. The van der Waals surface area contributed by atoms with Crippen LogP contribution in [0.3, 0.4) is 0 Å². The predicted octanol–water partition coefficient (Wildman–Crippen LogP) is 2.64. The van der Waals surface area contributed by atoms with Crippen LogP contribution in [0.2, 0.25) is 0 Å². The summed E-state index contributed by atoms with van der Waals surface area (Å²) in [6, 6.07) is 5.01. The molecule has 2 N–H and O–H groups in total. The summed E-state index contributed by atoms with van der Waals surface area (Å²) in [5, 5.41) is 0. The number of rotatable bonds is 5. The smallest absolute Gasteiger partial charge is 0.146 e. The molecular weight excluding hydrogens is 191 g/mol. The minimum absolute atomic E-state index is 0.218. The van der Waals surface area contributed by atoms with Gasteiger partial charge in [0.2, 0.25) is 0 Å². The third-order valence-electron chi connectivity index (χ3n) is 2.41. The summed E-state index contributed by atoms with van der Waals surface area (Å²) >= 11 is 0. The molecule has 0 saturated heterocycles. The van der Waals surface area contributed by atoms with Gasteiger partial charge in [0.05, 0.1) is 5.69 Å². The van der Waals surface area contributed by atoms with E-state index in [-0.39, 0.29) is 11.5 Å². The SMILES string of the molecule is CCCCN(C)Cc1ccc(N)c(F)c1. The van der Waals surface area contributed by atoms with Gasteiger partial charge in [-0.3, -0.25) is 0 Å². The molecule has 0 aliphatic heterocycles. The van der Waals surface area contributed by atoms with Crippen molar-refractivity contribution in [3.8, 4) is 0 Å². The van der Waals surface area contributed by atoms with Crippen molar-refractivity contribution in [2.75, 3.05) is 19.3 Å². The van der Waals surface area contributed by atoms with E-state index in [1.165, 1.54) is 18.9 Å². The normalized spacial score (nSPS) is 10.9. The van der Waals surface area contributed by atoms with Crippen molar-refractivity contribution in [3.05, 3.63) is 29.6 Å². The second-order valence-corrected chi connectivity index (χ2v) is 3.95. The van der Waals surface area contributed by atoms with Crippen molar-refractivity contribution in [2.24, 2.45) is 0 Å². The fraction of sp³-hybridized carbons (Fsp3) is 0.500. The Bertz CT molecular complexity index is 312. The van der Waals surface area contributed by atoms with E-state index in [1.807, 2.05) is 13.1 Å². The lowest BCUT2D eigenvalue weighted by molar-refractivity contribution is 0.320. The first-order valence-electron chi connectivity index (χ1n) is 5.36. The lowest BCUT2D eigenvalue weighted by atomic mass is 10.2. The average molecular weight is 210 g/mol. The molecule has 0 fully saturated rings. The number of nitrogens with two attached hydrogens (primary N) is 1. The third kappa shape index (κ3) is 3.88. The lowest BCUT2D eigenvalue weighted by Crippen LogP contribution is -2.19. The minimum Gasteiger partial charge on any atom is -0.396 e. The van der Waals surface area contributed by atoms with Gasteiger partial charge in [0.1, 0.15) is 5.82 Å². The zero-order chi connectivity index (χ0) is 11.3. The van der Waals surface area contributed by atoms with Crippen molar-refractivity contribution >= 4 is 5.69 Å². The van der Waals surface area contributed by atoms with E-state index in [0.717, 1.165) is 18.7 Å². The molecule has 0 atom stereocenters. The van der Waals surface area contributed by atoms with Crippen LogP contribution in [0, 0.1) is 5.82 Å². The van der Waals surface area contributed by atoms with Crippen LogP contribution in [0.25, 0.3) is 0 Å². The molecule has 0 aliphatic carbocycles. The van der Waals surface area contributed by atoms with Crippen LogP contribution >= 0.6 is 0 Å². The Labute approximate surface area is 90.9 Å². The second kappa shape index (κ2) is 5.71. The van der Waals surface area contributed by atoms with Crippen LogP contribution in [0.5, 0.6) is 0 Å². The van der Waals surface area contributed by atoms with Crippen LogP contribution in [0.1, 0.15) is 25.3 Å². The zero-order valence-electron chi connectivity index (χ0n) is 9.46. The fourth-order valence-electron chi connectivity index (χ4n) is 1.49. The molecule has 0 aliphatic rings. The molecule has 0 radical (unpaired) electrons. The van der Waals surface area contributed by atoms with Gasteiger partial charge in [0.25, 0.3) is 0 Å². The number of hydrogen-bond acceptors (Lipinski definition) is 2. The van der Waals surface area contributed by atoms with E-state index >= 15 is 0 Å². The molecule has 1 rings (SSSR count). The summed E-state index contributed by atoms with van der Waals surface area (Å²) in [7, 11) is 2.05. The van der Waals surface area contributed by atoms with Gasteiger partial charge in [0.15, 0.2) is 0 Å². The highest BCUT2D eigenvalue weighted by molar-refractivity contribution is 5.41. The molecule has 2 nitrogen and oxygen atoms in total. The fourth-order valence-corrected chi connectivity index (χ4v) is 1.49. The highest BCUT2D eigenvalue weighted by Gasteiger charge is 2.03. The van der Waals surface area contributed by atoms with Crippen molar-refractivity contribution in [3.63, 3.8) is 0 Å². The summed E-state index contributed by atoms with van der Waals surface area (Å²) in [6.45, 7) is 3.98. The van der Waals surface area contributed by atoms with Crippen molar-refractivity contribution in [2.45, 2.75) is 26.3 Å². The standard InChI is InChI=1S/C12H19FN2/c1-3-4-7-15(2)9-10-5-6-12(14)11(13)8-10/h5-6,8H,3-4,7,9,14H2,1-2H3. The maximum absolute atomic E-state index is 13.1. The quantitative estimate of drug-likeness (QED) is 0.757. The van der Waals surface area contributed by atoms with Gasteiger partial charge in [-0.15, -0.1) is 0 Å². The van der Waals surface area contributed by atoms with E-state index in [1.54, 1.807) is 6.07 Å². The Kier molecular flexibility index (Phi) is 4.56. The monoisotopic (exact) mass is 210 g/mol. The average Bonchev–Trinajstić information content (AvgIpc) is 2.20. The maximum atomic E-state index is 13.1. The van der Waals surface area contributed by atoms with Gasteiger partial charge in [0, 0.05) is 6.54 Å². The molecule has 0 bridgehead atoms. The lowest BCUT2D eigenvalue weighted by Gasteiger charge is -2.16. The van der Waals surface area contributed by atoms with E-state index in [9.17, 15) is 4.39 Å². The van der Waals surface area contributed by atoms with Gasteiger partial charge < -0.3 is 10.6 Å². The predicted molar refractivity (Wildman–Crippen MR) is 62.1 cm³/mol. The van der Waals surface area contributed by atoms with E-state index < -0.39 is 0 Å². The van der Waals surface area contributed by atoms with Gasteiger partial charge >= 0.3 is 0 Å². The number of nitrogen functional groups attached to an aromatic ring is 1. The van der Waals surface area contributed by atoms with Gasteiger partial charge in [-0.05, 0) is 37.7 Å². The molecule has 0 amide bonds. The summed E-state index contributed by atoms with van der Waals surface area (Å²) < 4.78 is 13.1. The Morgan fingerprint density at radius 3 is 2.73 bits per heavy atom. The van der Waals surface area contributed by atoms with Gasteiger partial charge in [-0.2, -0.15) is 0 Å². The van der Waals surface area contributed by atoms with E-state index in [2.05, 4.69) is 11.8 Å². The Hall–Kier alpha value is -1.09. The Morgan fingerprint density at radius 1 is 1.40 bits per heavy atom. The number of hydrogen-bond donors (Lipinski definition) is 1. The first-order chi connectivity index (χ1) is 7.13. The Balaban J connectivity index is 2.53. The first-order valence-corrected chi connectivity index (χ1v) is 5.36. The van der Waals surface area contributed by atoms with Crippen LogP contribution < -0.4 is 5.73 Å². The molecule has 1 aromatic carbocycles. The third-order valence-corrected chi connectivity index (χ3v) is 2.41. The van der Waals surface area contributed by atoms with Crippen LogP contribution in [-0.4, -0.2) is 18.5 Å². The number of benzene rings is 1. The van der Waals surface area contributed by atoms with Crippen molar-refractivity contribution in [1.29, 1.82) is 0 Å². The molecule has 1 aromatic rings. The molecule has 0 saturated carbocycles. The van der Waals surface area contributed by atoms with Crippen molar-refractivity contribution in [1.82, 2.24) is 4.90 Å². The molecule has 0 unspecified atom stereocenters. The number of nitrogens with zero attached hydrogens (tertiary/aromatic N) is 1. The summed E-state index contributed by atoms with van der Waals surface area (Å²) in [4.78, 5) is 2.19. The van der Waals surface area contributed by atoms with E-state index in [0.29, 0.717) is 0 Å². The molecule has 15 heavy (non-hydrogen) atoms. The summed E-state index contributed by atoms with van der Waals surface area (Å²) in [5.41, 5.74) is 6.60. The Morgan fingerprint density at radius 2 is 2.13 bits per heavy atom. The van der Waals surface area contributed by atoms with Crippen LogP contribution in [0.15, 0.2) is 18.2 Å². The van der Waals surface area contributed by atoms with Gasteiger partial charge in [-0.1, -0.05) is 19.4 Å². The summed E-state index contributed by atoms with van der Waals surface area (Å²) in [5.74, 6) is -0.323. The highest BCUT2D eigenvalue weighted by atomic mass is 19.1. The second-order valence-electron chi connectivity index (χ2n) is 3.95. The summed E-state index contributed by atoms with van der Waals surface area (Å²) in [6.07, 6.45) is 2.36. The number of anilines is 1. The first kappa shape index (κ1) is 12.0. The minimum atomic E-state index is -0.323. The van der Waals surface area contributed by atoms with Crippen LogP contribution in [-0.2, 0) is 6.54 Å². The molecule has 3 heteroatoms. The molecule has 84 valence electrons. The molecule has 0 spiro atoms. The number of halogens is 1. The molecule has 0 heterocycles. The highest BCUT2D eigenvalue weighted by Crippen LogP contribution is 2.13.